The summed E-state index contributed by atoms with van der Waals surface area (Å²) in [4.78, 5) is 17.6. The quantitative estimate of drug-likeness (QED) is 0.836. The second kappa shape index (κ2) is 6.86. The maximum Gasteiger partial charge on any atom is 0.227 e. The number of furan rings is 1. The number of rotatable bonds is 3. The molecule has 3 aliphatic heterocycles. The molecule has 4 heterocycles. The van der Waals surface area contributed by atoms with Crippen molar-refractivity contribution in [3.05, 3.63) is 24.2 Å². The van der Waals surface area contributed by atoms with Crippen molar-refractivity contribution in [2.24, 2.45) is 11.3 Å². The van der Waals surface area contributed by atoms with Gasteiger partial charge in [0.15, 0.2) is 0 Å². The first-order chi connectivity index (χ1) is 11.8. The van der Waals surface area contributed by atoms with Crippen molar-refractivity contribution in [3.8, 4) is 0 Å². The lowest BCUT2D eigenvalue weighted by molar-refractivity contribution is -0.144. The molecule has 0 N–H and O–H groups in total. The fourth-order valence-corrected chi connectivity index (χ4v) is 4.46. The van der Waals surface area contributed by atoms with Crippen molar-refractivity contribution in [1.29, 1.82) is 0 Å². The van der Waals surface area contributed by atoms with Gasteiger partial charge in [0.25, 0.3) is 0 Å². The third kappa shape index (κ3) is 3.10. The molecule has 1 aromatic heterocycles. The van der Waals surface area contributed by atoms with Gasteiger partial charge in [0.2, 0.25) is 5.91 Å². The van der Waals surface area contributed by atoms with Gasteiger partial charge >= 0.3 is 0 Å². The zero-order valence-corrected chi connectivity index (χ0v) is 14.1. The Morgan fingerprint density at radius 3 is 2.62 bits per heavy atom. The number of nitrogens with zero attached hydrogens (tertiary/aromatic N) is 2. The van der Waals surface area contributed by atoms with Gasteiger partial charge in [-0.3, -0.25) is 9.69 Å². The number of carbonyl (C=O) groups is 1. The van der Waals surface area contributed by atoms with E-state index in [0.717, 1.165) is 58.8 Å². The molecule has 3 saturated heterocycles. The molecule has 1 amide bonds. The lowest BCUT2D eigenvalue weighted by Gasteiger charge is -2.40. The lowest BCUT2D eigenvalue weighted by atomic mass is 9.71. The molecule has 0 aliphatic carbocycles. The SMILES string of the molecule is O=C(C1CN(Cc2ccoc2)CC12CCOCC2)N1CCOCC1. The fourth-order valence-electron chi connectivity index (χ4n) is 4.46. The minimum atomic E-state index is 0.0668. The molecule has 1 aromatic rings. The molecule has 6 nitrogen and oxygen atoms in total. The summed E-state index contributed by atoms with van der Waals surface area (Å²) in [5, 5.41) is 0. The van der Waals surface area contributed by atoms with E-state index in [1.165, 1.54) is 5.56 Å². The van der Waals surface area contributed by atoms with Gasteiger partial charge in [-0.05, 0) is 18.9 Å². The second-order valence-corrected chi connectivity index (χ2v) is 7.27. The highest BCUT2D eigenvalue weighted by Gasteiger charge is 2.51. The van der Waals surface area contributed by atoms with E-state index in [1.54, 1.807) is 12.5 Å². The first kappa shape index (κ1) is 16.1. The maximum absolute atomic E-state index is 13.2. The van der Waals surface area contributed by atoms with Gasteiger partial charge in [0.05, 0.1) is 31.7 Å². The number of hydrogen-bond donors (Lipinski definition) is 0. The Labute approximate surface area is 142 Å². The van der Waals surface area contributed by atoms with Crippen LogP contribution >= 0.6 is 0 Å². The lowest BCUT2D eigenvalue weighted by Crippen LogP contribution is -2.49. The smallest absolute Gasteiger partial charge is 0.227 e. The fraction of sp³-hybridized carbons (Fsp3) is 0.722. The molecule has 0 aromatic carbocycles. The first-order valence-electron chi connectivity index (χ1n) is 8.95. The minimum Gasteiger partial charge on any atom is -0.472 e. The van der Waals surface area contributed by atoms with Gasteiger partial charge in [-0.25, -0.2) is 0 Å². The van der Waals surface area contributed by atoms with Crippen LogP contribution in [0.3, 0.4) is 0 Å². The molecule has 24 heavy (non-hydrogen) atoms. The van der Waals surface area contributed by atoms with Gasteiger partial charge in [-0.1, -0.05) is 0 Å². The van der Waals surface area contributed by atoms with Crippen LogP contribution in [0.4, 0.5) is 0 Å². The summed E-state index contributed by atoms with van der Waals surface area (Å²) in [6, 6.07) is 2.01. The maximum atomic E-state index is 13.2. The highest BCUT2D eigenvalue weighted by atomic mass is 16.5. The Hall–Kier alpha value is -1.37. The average Bonchev–Trinajstić information content (AvgIpc) is 3.24. The summed E-state index contributed by atoms with van der Waals surface area (Å²) in [6.07, 6.45) is 5.48. The van der Waals surface area contributed by atoms with Crippen LogP contribution in [-0.4, -0.2) is 68.3 Å². The molecule has 0 bridgehead atoms. The van der Waals surface area contributed by atoms with E-state index < -0.39 is 0 Å². The van der Waals surface area contributed by atoms with Crippen molar-refractivity contribution in [3.63, 3.8) is 0 Å². The summed E-state index contributed by atoms with van der Waals surface area (Å²) in [5.74, 6) is 0.390. The predicted molar refractivity (Wildman–Crippen MR) is 87.4 cm³/mol. The minimum absolute atomic E-state index is 0.0668. The van der Waals surface area contributed by atoms with Crippen LogP contribution in [0.5, 0.6) is 0 Å². The molecule has 1 atom stereocenters. The Morgan fingerprint density at radius 2 is 1.92 bits per heavy atom. The number of carbonyl (C=O) groups excluding carboxylic acids is 1. The Kier molecular flexibility index (Phi) is 4.61. The molecule has 3 aliphatic rings. The van der Waals surface area contributed by atoms with Crippen molar-refractivity contribution in [1.82, 2.24) is 9.80 Å². The Balaban J connectivity index is 1.51. The zero-order valence-electron chi connectivity index (χ0n) is 14.1. The molecule has 1 spiro atoms. The van der Waals surface area contributed by atoms with Gasteiger partial charge in [0.1, 0.15) is 0 Å². The molecule has 0 saturated carbocycles. The van der Waals surface area contributed by atoms with E-state index in [4.69, 9.17) is 13.9 Å². The molecule has 6 heteroatoms. The van der Waals surface area contributed by atoms with Crippen LogP contribution < -0.4 is 0 Å². The van der Waals surface area contributed by atoms with Gasteiger partial charge in [-0.15, -0.1) is 0 Å². The van der Waals surface area contributed by atoms with Gasteiger partial charge < -0.3 is 18.8 Å². The summed E-state index contributed by atoms with van der Waals surface area (Å²) < 4.78 is 16.2. The zero-order chi connectivity index (χ0) is 16.4. The topological polar surface area (TPSA) is 55.2 Å². The highest BCUT2D eigenvalue weighted by Crippen LogP contribution is 2.45. The molecular weight excluding hydrogens is 308 g/mol. The van der Waals surface area contributed by atoms with E-state index in [1.807, 2.05) is 11.0 Å². The standard InChI is InChI=1S/C18H26N2O4/c21-17(20-4-9-23-10-5-20)16-12-19(11-15-1-6-24-13-15)14-18(16)2-7-22-8-3-18/h1,6,13,16H,2-5,7-12,14H2. The number of ether oxygens (including phenoxy) is 2. The highest BCUT2D eigenvalue weighted by molar-refractivity contribution is 5.80. The summed E-state index contributed by atoms with van der Waals surface area (Å²) in [6.45, 7) is 6.97. The van der Waals surface area contributed by atoms with E-state index in [9.17, 15) is 4.79 Å². The van der Waals surface area contributed by atoms with Crippen molar-refractivity contribution in [2.45, 2.75) is 19.4 Å². The number of hydrogen-bond acceptors (Lipinski definition) is 5. The van der Waals surface area contributed by atoms with Crippen LogP contribution in [0.15, 0.2) is 23.0 Å². The number of likely N-dealkylation sites (tertiary alicyclic amines) is 1. The van der Waals surface area contributed by atoms with Gasteiger partial charge in [0, 0.05) is 56.9 Å². The number of morpholine rings is 1. The van der Waals surface area contributed by atoms with Crippen LogP contribution in [-0.2, 0) is 20.8 Å². The van der Waals surface area contributed by atoms with E-state index in [2.05, 4.69) is 4.90 Å². The normalized spacial score (nSPS) is 27.7. The monoisotopic (exact) mass is 334 g/mol. The Bertz CT molecular complexity index is 547. The molecule has 132 valence electrons. The van der Waals surface area contributed by atoms with Gasteiger partial charge in [-0.2, -0.15) is 0 Å². The molecule has 3 fully saturated rings. The van der Waals surface area contributed by atoms with Crippen molar-refractivity contribution < 1.29 is 18.7 Å². The molecule has 1 unspecified atom stereocenters. The van der Waals surface area contributed by atoms with E-state index in [0.29, 0.717) is 19.1 Å². The van der Waals surface area contributed by atoms with Crippen LogP contribution in [0, 0.1) is 11.3 Å². The van der Waals surface area contributed by atoms with E-state index in [-0.39, 0.29) is 11.3 Å². The van der Waals surface area contributed by atoms with Crippen LogP contribution in [0.1, 0.15) is 18.4 Å². The average molecular weight is 334 g/mol. The third-order valence-corrected chi connectivity index (χ3v) is 5.81. The van der Waals surface area contributed by atoms with Crippen molar-refractivity contribution >= 4 is 5.91 Å². The summed E-state index contributed by atoms with van der Waals surface area (Å²) in [7, 11) is 0. The molecule has 4 rings (SSSR count). The summed E-state index contributed by atoms with van der Waals surface area (Å²) in [5.41, 5.74) is 1.24. The third-order valence-electron chi connectivity index (χ3n) is 5.81. The van der Waals surface area contributed by atoms with Crippen molar-refractivity contribution in [2.75, 3.05) is 52.6 Å². The van der Waals surface area contributed by atoms with E-state index >= 15 is 0 Å². The first-order valence-corrected chi connectivity index (χ1v) is 8.95. The second-order valence-electron chi connectivity index (χ2n) is 7.27. The summed E-state index contributed by atoms with van der Waals surface area (Å²) >= 11 is 0. The number of amides is 1. The largest absolute Gasteiger partial charge is 0.472 e. The molecular formula is C18H26N2O4. The van der Waals surface area contributed by atoms with Crippen LogP contribution in [0.25, 0.3) is 0 Å². The van der Waals surface area contributed by atoms with Crippen LogP contribution in [0.2, 0.25) is 0 Å². The predicted octanol–water partition coefficient (Wildman–Crippen LogP) is 1.37. The Morgan fingerprint density at radius 1 is 1.17 bits per heavy atom. The molecule has 0 radical (unpaired) electrons.